The summed E-state index contributed by atoms with van der Waals surface area (Å²) in [6.07, 6.45) is 1.30. The van der Waals surface area contributed by atoms with Crippen molar-refractivity contribution < 1.29 is 13.2 Å². The SMILES string of the molecule is Cc1nn(-c2ccccc2)c(C)c1CC(=O)Nc1cccc(S(C)(=O)=O)c1. The van der Waals surface area contributed by atoms with Crippen LogP contribution < -0.4 is 5.32 Å². The van der Waals surface area contributed by atoms with Crippen LogP contribution in [0.1, 0.15) is 17.0 Å². The van der Waals surface area contributed by atoms with Crippen molar-refractivity contribution in [3.63, 3.8) is 0 Å². The first-order valence-corrected chi connectivity index (χ1v) is 10.4. The first kappa shape index (κ1) is 18.8. The molecule has 0 aliphatic rings. The number of carbonyl (C=O) groups excluding carboxylic acids is 1. The molecule has 0 saturated carbocycles. The summed E-state index contributed by atoms with van der Waals surface area (Å²) < 4.78 is 25.2. The molecule has 1 amide bonds. The molecule has 3 rings (SSSR count). The number of nitrogens with zero attached hydrogens (tertiary/aromatic N) is 2. The number of amides is 1. The van der Waals surface area contributed by atoms with Gasteiger partial charge in [-0.1, -0.05) is 24.3 Å². The van der Waals surface area contributed by atoms with Gasteiger partial charge in [-0.15, -0.1) is 0 Å². The number of hydrogen-bond donors (Lipinski definition) is 1. The molecule has 0 spiro atoms. The molecule has 0 fully saturated rings. The molecule has 1 N–H and O–H groups in total. The summed E-state index contributed by atoms with van der Waals surface area (Å²) >= 11 is 0. The van der Waals surface area contributed by atoms with Crippen LogP contribution in [0.5, 0.6) is 0 Å². The Kier molecular flexibility index (Phi) is 5.14. The van der Waals surface area contributed by atoms with Crippen LogP contribution in [-0.2, 0) is 21.1 Å². The van der Waals surface area contributed by atoms with E-state index >= 15 is 0 Å². The van der Waals surface area contributed by atoms with Gasteiger partial charge < -0.3 is 5.32 Å². The van der Waals surface area contributed by atoms with Crippen LogP contribution in [0.3, 0.4) is 0 Å². The maximum Gasteiger partial charge on any atom is 0.228 e. The van der Waals surface area contributed by atoms with E-state index in [1.165, 1.54) is 12.1 Å². The first-order valence-electron chi connectivity index (χ1n) is 8.46. The summed E-state index contributed by atoms with van der Waals surface area (Å²) in [5, 5.41) is 7.31. The number of benzene rings is 2. The maximum atomic E-state index is 12.5. The predicted molar refractivity (Wildman–Crippen MR) is 105 cm³/mol. The number of rotatable bonds is 5. The molecule has 2 aromatic carbocycles. The second-order valence-electron chi connectivity index (χ2n) is 6.42. The quantitative estimate of drug-likeness (QED) is 0.734. The third-order valence-electron chi connectivity index (χ3n) is 4.33. The van der Waals surface area contributed by atoms with Gasteiger partial charge in [0.2, 0.25) is 5.91 Å². The monoisotopic (exact) mass is 383 g/mol. The second kappa shape index (κ2) is 7.36. The summed E-state index contributed by atoms with van der Waals surface area (Å²) in [6.45, 7) is 3.80. The van der Waals surface area contributed by atoms with E-state index in [2.05, 4.69) is 10.4 Å². The second-order valence-corrected chi connectivity index (χ2v) is 8.44. The summed E-state index contributed by atoms with van der Waals surface area (Å²) in [6, 6.07) is 16.0. The average molecular weight is 383 g/mol. The summed E-state index contributed by atoms with van der Waals surface area (Å²) in [7, 11) is -3.33. The van der Waals surface area contributed by atoms with Gasteiger partial charge in [0.25, 0.3) is 0 Å². The molecular weight excluding hydrogens is 362 g/mol. The Morgan fingerprint density at radius 2 is 1.78 bits per heavy atom. The molecule has 6 nitrogen and oxygen atoms in total. The molecule has 0 aliphatic heterocycles. The zero-order chi connectivity index (χ0) is 19.6. The molecule has 1 aromatic heterocycles. The Morgan fingerprint density at radius 3 is 2.44 bits per heavy atom. The van der Waals surface area contributed by atoms with Gasteiger partial charge >= 0.3 is 0 Å². The highest BCUT2D eigenvalue weighted by molar-refractivity contribution is 7.90. The van der Waals surface area contributed by atoms with E-state index in [4.69, 9.17) is 0 Å². The Balaban J connectivity index is 1.80. The smallest absolute Gasteiger partial charge is 0.228 e. The Bertz CT molecular complexity index is 1090. The number of anilines is 1. The Hall–Kier alpha value is -2.93. The van der Waals surface area contributed by atoms with Crippen LogP contribution in [0, 0.1) is 13.8 Å². The van der Waals surface area contributed by atoms with Crippen molar-refractivity contribution in [2.24, 2.45) is 0 Å². The van der Waals surface area contributed by atoms with E-state index in [1.54, 1.807) is 12.1 Å². The lowest BCUT2D eigenvalue weighted by Gasteiger charge is -2.08. The lowest BCUT2D eigenvalue weighted by atomic mass is 10.1. The number of aryl methyl sites for hydroxylation is 1. The first-order chi connectivity index (χ1) is 12.8. The van der Waals surface area contributed by atoms with Crippen molar-refractivity contribution >= 4 is 21.4 Å². The van der Waals surface area contributed by atoms with Gasteiger partial charge in [-0.3, -0.25) is 4.79 Å². The summed E-state index contributed by atoms with van der Waals surface area (Å²) in [4.78, 5) is 12.7. The fraction of sp³-hybridized carbons (Fsp3) is 0.200. The third-order valence-corrected chi connectivity index (χ3v) is 5.44. The van der Waals surface area contributed by atoms with Gasteiger partial charge in [-0.2, -0.15) is 5.10 Å². The van der Waals surface area contributed by atoms with Crippen LogP contribution in [-0.4, -0.2) is 30.4 Å². The van der Waals surface area contributed by atoms with Crippen molar-refractivity contribution in [2.45, 2.75) is 25.2 Å². The Labute approximate surface area is 158 Å². The van der Waals surface area contributed by atoms with Crippen LogP contribution in [0.25, 0.3) is 5.69 Å². The van der Waals surface area contributed by atoms with E-state index < -0.39 is 9.84 Å². The molecule has 0 bridgehead atoms. The minimum absolute atomic E-state index is 0.160. The number of sulfone groups is 1. The van der Waals surface area contributed by atoms with Gasteiger partial charge in [-0.25, -0.2) is 13.1 Å². The topological polar surface area (TPSA) is 81.1 Å². The van der Waals surface area contributed by atoms with E-state index in [0.29, 0.717) is 5.69 Å². The van der Waals surface area contributed by atoms with E-state index in [9.17, 15) is 13.2 Å². The highest BCUT2D eigenvalue weighted by Crippen LogP contribution is 2.20. The highest BCUT2D eigenvalue weighted by atomic mass is 32.2. The fourth-order valence-electron chi connectivity index (χ4n) is 2.92. The molecular formula is C20H21N3O3S. The largest absolute Gasteiger partial charge is 0.326 e. The molecule has 0 unspecified atom stereocenters. The van der Waals surface area contributed by atoms with Crippen molar-refractivity contribution in [3.8, 4) is 5.69 Å². The number of aromatic nitrogens is 2. The maximum absolute atomic E-state index is 12.5. The van der Waals surface area contributed by atoms with Crippen molar-refractivity contribution in [2.75, 3.05) is 11.6 Å². The van der Waals surface area contributed by atoms with Crippen LogP contribution >= 0.6 is 0 Å². The van der Waals surface area contributed by atoms with Crippen LogP contribution in [0.4, 0.5) is 5.69 Å². The molecule has 1 heterocycles. The van der Waals surface area contributed by atoms with E-state index in [0.717, 1.165) is 28.9 Å². The summed E-state index contributed by atoms with van der Waals surface area (Å²) in [5.41, 5.74) is 3.94. The molecule has 0 atom stereocenters. The van der Waals surface area contributed by atoms with Gasteiger partial charge in [0.15, 0.2) is 9.84 Å². The number of carbonyl (C=O) groups is 1. The van der Waals surface area contributed by atoms with Crippen LogP contribution in [0.2, 0.25) is 0 Å². The molecule has 3 aromatic rings. The van der Waals surface area contributed by atoms with Gasteiger partial charge in [-0.05, 0) is 44.2 Å². The minimum Gasteiger partial charge on any atom is -0.326 e. The van der Waals surface area contributed by atoms with Crippen molar-refractivity contribution in [1.82, 2.24) is 9.78 Å². The zero-order valence-corrected chi connectivity index (χ0v) is 16.2. The zero-order valence-electron chi connectivity index (χ0n) is 15.4. The number of nitrogens with one attached hydrogen (secondary N) is 1. The fourth-order valence-corrected chi connectivity index (χ4v) is 3.59. The van der Waals surface area contributed by atoms with Crippen LogP contribution in [0.15, 0.2) is 59.5 Å². The minimum atomic E-state index is -3.33. The van der Waals surface area contributed by atoms with E-state index in [1.807, 2.05) is 48.9 Å². The standard InChI is InChI=1S/C20H21N3O3S/c1-14-19(15(2)23(22-14)17-9-5-4-6-10-17)13-20(24)21-16-8-7-11-18(12-16)27(3,25)26/h4-12H,13H2,1-3H3,(H,21,24). The van der Waals surface area contributed by atoms with Gasteiger partial charge in [0.1, 0.15) is 0 Å². The highest BCUT2D eigenvalue weighted by Gasteiger charge is 2.16. The predicted octanol–water partition coefficient (Wildman–Crippen LogP) is 3.07. The third kappa shape index (κ3) is 4.25. The molecule has 140 valence electrons. The molecule has 7 heteroatoms. The number of para-hydroxylation sites is 1. The van der Waals surface area contributed by atoms with Gasteiger partial charge in [0.05, 0.1) is 22.7 Å². The lowest BCUT2D eigenvalue weighted by Crippen LogP contribution is -2.15. The lowest BCUT2D eigenvalue weighted by molar-refractivity contribution is -0.115. The number of hydrogen-bond acceptors (Lipinski definition) is 4. The average Bonchev–Trinajstić information content (AvgIpc) is 2.90. The van der Waals surface area contributed by atoms with Crippen molar-refractivity contribution in [1.29, 1.82) is 0 Å². The molecule has 0 radical (unpaired) electrons. The molecule has 0 aliphatic carbocycles. The van der Waals surface area contributed by atoms with Crippen molar-refractivity contribution in [3.05, 3.63) is 71.5 Å². The normalized spacial score (nSPS) is 11.4. The summed E-state index contributed by atoms with van der Waals surface area (Å²) in [5.74, 6) is -0.223. The van der Waals surface area contributed by atoms with Gasteiger partial charge in [0, 0.05) is 23.2 Å². The van der Waals surface area contributed by atoms with E-state index in [-0.39, 0.29) is 17.2 Å². The Morgan fingerprint density at radius 1 is 1.07 bits per heavy atom. The molecule has 0 saturated heterocycles. The molecule has 27 heavy (non-hydrogen) atoms.